The van der Waals surface area contributed by atoms with Crippen LogP contribution in [-0.4, -0.2) is 16.5 Å². The molecule has 2 aromatic rings. The molecule has 0 aliphatic rings. The molecule has 2 rings (SSSR count). The maximum Gasteiger partial charge on any atom is 0.269 e. The maximum atomic E-state index is 10.6. The minimum absolute atomic E-state index is 0.0978. The smallest absolute Gasteiger partial charge is 0.269 e. The Morgan fingerprint density at radius 1 is 1.25 bits per heavy atom. The van der Waals surface area contributed by atoms with Crippen LogP contribution in [-0.2, 0) is 0 Å². The van der Waals surface area contributed by atoms with Gasteiger partial charge >= 0.3 is 0 Å². The first kappa shape index (κ1) is 14.3. The van der Waals surface area contributed by atoms with Gasteiger partial charge in [-0.1, -0.05) is 24.8 Å². The first-order valence-corrected chi connectivity index (χ1v) is 7.14. The van der Waals surface area contributed by atoms with Crippen LogP contribution >= 0.6 is 11.8 Å². The van der Waals surface area contributed by atoms with Gasteiger partial charge < -0.3 is 5.32 Å². The van der Waals surface area contributed by atoms with Crippen LogP contribution in [0.4, 0.5) is 11.5 Å². The molecule has 0 fully saturated rings. The molecule has 0 atom stereocenters. The number of rotatable bonds is 6. The van der Waals surface area contributed by atoms with Crippen molar-refractivity contribution in [1.82, 2.24) is 4.98 Å². The summed E-state index contributed by atoms with van der Waals surface area (Å²) < 4.78 is 0. The third-order valence-corrected chi connectivity index (χ3v) is 3.49. The Morgan fingerprint density at radius 2 is 2.00 bits per heavy atom. The second kappa shape index (κ2) is 6.91. The SMILES string of the molecule is CCCNc1cccc(Sc2ccc([N+](=O)[O-])cc2)n1. The number of nitrogens with one attached hydrogen (secondary N) is 1. The van der Waals surface area contributed by atoms with Gasteiger partial charge in [0.1, 0.15) is 10.8 Å². The van der Waals surface area contributed by atoms with Crippen LogP contribution in [0.25, 0.3) is 0 Å². The molecule has 1 N–H and O–H groups in total. The van der Waals surface area contributed by atoms with Crippen molar-refractivity contribution in [3.05, 3.63) is 52.6 Å². The van der Waals surface area contributed by atoms with Gasteiger partial charge in [-0.05, 0) is 30.7 Å². The average molecular weight is 289 g/mol. The molecule has 20 heavy (non-hydrogen) atoms. The van der Waals surface area contributed by atoms with Gasteiger partial charge in [0, 0.05) is 23.6 Å². The molecule has 0 spiro atoms. The zero-order valence-corrected chi connectivity index (χ0v) is 11.9. The summed E-state index contributed by atoms with van der Waals surface area (Å²) in [6.45, 7) is 2.99. The zero-order valence-electron chi connectivity index (χ0n) is 11.1. The van der Waals surface area contributed by atoms with Crippen molar-refractivity contribution in [3.8, 4) is 0 Å². The Kier molecular flexibility index (Phi) is 4.95. The number of non-ortho nitro benzene ring substituents is 1. The fourth-order valence-electron chi connectivity index (χ4n) is 1.58. The zero-order chi connectivity index (χ0) is 14.4. The molecule has 0 unspecified atom stereocenters. The predicted octanol–water partition coefficient (Wildman–Crippen LogP) is 3.96. The van der Waals surface area contributed by atoms with Gasteiger partial charge in [0.25, 0.3) is 5.69 Å². The van der Waals surface area contributed by atoms with Crippen LogP contribution in [0.2, 0.25) is 0 Å². The number of nitro benzene ring substituents is 1. The van der Waals surface area contributed by atoms with Crippen LogP contribution in [0, 0.1) is 10.1 Å². The van der Waals surface area contributed by atoms with Crippen molar-refractivity contribution in [2.45, 2.75) is 23.3 Å². The standard InChI is InChI=1S/C14H15N3O2S/c1-2-10-15-13-4-3-5-14(16-13)20-12-8-6-11(7-9-12)17(18)19/h3-9H,2,10H2,1H3,(H,15,16). The Bertz CT molecular complexity index is 587. The largest absolute Gasteiger partial charge is 0.370 e. The monoisotopic (exact) mass is 289 g/mol. The number of hydrogen-bond acceptors (Lipinski definition) is 5. The summed E-state index contributed by atoms with van der Waals surface area (Å²) in [4.78, 5) is 15.6. The Morgan fingerprint density at radius 3 is 2.65 bits per heavy atom. The molecule has 0 saturated carbocycles. The van der Waals surface area contributed by atoms with Gasteiger partial charge in [-0.3, -0.25) is 10.1 Å². The van der Waals surface area contributed by atoms with Gasteiger partial charge in [-0.15, -0.1) is 0 Å². The van der Waals surface area contributed by atoms with E-state index in [9.17, 15) is 10.1 Å². The first-order chi connectivity index (χ1) is 9.69. The number of benzene rings is 1. The van der Waals surface area contributed by atoms with E-state index in [4.69, 9.17) is 0 Å². The molecule has 0 aliphatic heterocycles. The van der Waals surface area contributed by atoms with Gasteiger partial charge in [0.05, 0.1) is 4.92 Å². The minimum atomic E-state index is -0.401. The van der Waals surface area contributed by atoms with Crippen molar-refractivity contribution >= 4 is 23.3 Å². The van der Waals surface area contributed by atoms with Gasteiger partial charge in [-0.2, -0.15) is 0 Å². The molecule has 1 aromatic heterocycles. The van der Waals surface area contributed by atoms with Gasteiger partial charge in [0.2, 0.25) is 0 Å². The highest BCUT2D eigenvalue weighted by molar-refractivity contribution is 7.99. The third kappa shape index (κ3) is 3.96. The van der Waals surface area contributed by atoms with E-state index in [0.717, 1.165) is 28.7 Å². The molecule has 0 radical (unpaired) electrons. The summed E-state index contributed by atoms with van der Waals surface area (Å²) in [5, 5.41) is 14.7. The summed E-state index contributed by atoms with van der Waals surface area (Å²) in [6, 6.07) is 12.3. The van der Waals surface area contributed by atoms with E-state index >= 15 is 0 Å². The summed E-state index contributed by atoms with van der Waals surface area (Å²) in [7, 11) is 0. The van der Waals surface area contributed by atoms with Crippen LogP contribution in [0.5, 0.6) is 0 Å². The molecule has 104 valence electrons. The highest BCUT2D eigenvalue weighted by Gasteiger charge is 2.05. The van der Waals surface area contributed by atoms with Crippen molar-refractivity contribution in [3.63, 3.8) is 0 Å². The Balaban J connectivity index is 2.07. The quantitative estimate of drug-likeness (QED) is 0.644. The van der Waals surface area contributed by atoms with E-state index in [2.05, 4.69) is 17.2 Å². The fourth-order valence-corrected chi connectivity index (χ4v) is 2.38. The second-order valence-electron chi connectivity index (χ2n) is 4.14. The second-order valence-corrected chi connectivity index (χ2v) is 5.23. The van der Waals surface area contributed by atoms with Crippen molar-refractivity contribution in [1.29, 1.82) is 0 Å². The summed E-state index contributed by atoms with van der Waals surface area (Å²) in [5.41, 5.74) is 0.0978. The lowest BCUT2D eigenvalue weighted by atomic mass is 10.3. The molecule has 5 nitrogen and oxygen atoms in total. The first-order valence-electron chi connectivity index (χ1n) is 6.32. The normalized spacial score (nSPS) is 10.2. The topological polar surface area (TPSA) is 68.1 Å². The summed E-state index contributed by atoms with van der Waals surface area (Å²) in [5.74, 6) is 0.846. The number of hydrogen-bond donors (Lipinski definition) is 1. The molecular weight excluding hydrogens is 274 g/mol. The highest BCUT2D eigenvalue weighted by atomic mass is 32.2. The number of nitro groups is 1. The van der Waals surface area contributed by atoms with Gasteiger partial charge in [-0.25, -0.2) is 4.98 Å². The minimum Gasteiger partial charge on any atom is -0.370 e. The van der Waals surface area contributed by atoms with Crippen LogP contribution in [0.3, 0.4) is 0 Å². The van der Waals surface area contributed by atoms with E-state index in [1.165, 1.54) is 23.9 Å². The van der Waals surface area contributed by atoms with Crippen molar-refractivity contribution in [2.24, 2.45) is 0 Å². The van der Waals surface area contributed by atoms with E-state index in [1.807, 2.05) is 18.2 Å². The lowest BCUT2D eigenvalue weighted by Crippen LogP contribution is -2.01. The number of anilines is 1. The molecule has 1 aromatic carbocycles. The lowest BCUT2D eigenvalue weighted by molar-refractivity contribution is -0.384. The lowest BCUT2D eigenvalue weighted by Gasteiger charge is -2.06. The van der Waals surface area contributed by atoms with E-state index in [1.54, 1.807) is 12.1 Å². The van der Waals surface area contributed by atoms with Crippen molar-refractivity contribution < 1.29 is 4.92 Å². The van der Waals surface area contributed by atoms with Crippen molar-refractivity contribution in [2.75, 3.05) is 11.9 Å². The molecule has 0 bridgehead atoms. The highest BCUT2D eigenvalue weighted by Crippen LogP contribution is 2.28. The summed E-state index contributed by atoms with van der Waals surface area (Å²) >= 11 is 1.48. The van der Waals surface area contributed by atoms with Crippen LogP contribution in [0.15, 0.2) is 52.4 Å². The molecular formula is C14H15N3O2S. The number of nitrogens with zero attached hydrogens (tertiary/aromatic N) is 2. The fraction of sp³-hybridized carbons (Fsp3) is 0.214. The maximum absolute atomic E-state index is 10.6. The number of pyridine rings is 1. The molecule has 6 heteroatoms. The molecule has 0 aliphatic carbocycles. The van der Waals surface area contributed by atoms with E-state index in [-0.39, 0.29) is 5.69 Å². The number of aromatic nitrogens is 1. The Hall–Kier alpha value is -2.08. The van der Waals surface area contributed by atoms with E-state index in [0.29, 0.717) is 0 Å². The van der Waals surface area contributed by atoms with Gasteiger partial charge in [0.15, 0.2) is 0 Å². The van der Waals surface area contributed by atoms with E-state index < -0.39 is 4.92 Å². The summed E-state index contributed by atoms with van der Waals surface area (Å²) in [6.07, 6.45) is 1.04. The Labute approximate surface area is 121 Å². The molecule has 0 saturated heterocycles. The molecule has 1 heterocycles. The van der Waals surface area contributed by atoms with Crippen LogP contribution in [0.1, 0.15) is 13.3 Å². The third-order valence-electron chi connectivity index (χ3n) is 2.55. The van der Waals surface area contributed by atoms with Crippen LogP contribution < -0.4 is 5.32 Å². The average Bonchev–Trinajstić information content (AvgIpc) is 2.46. The molecule has 0 amide bonds. The predicted molar refractivity (Wildman–Crippen MR) is 80.2 cm³/mol.